The maximum atomic E-state index is 4.58. The lowest BCUT2D eigenvalue weighted by atomic mass is 10.3. The summed E-state index contributed by atoms with van der Waals surface area (Å²) >= 11 is 3.31. The molecule has 0 unspecified atom stereocenters. The first-order chi connectivity index (χ1) is 57.3. The average molecular weight is 1740 g/mol. The van der Waals surface area contributed by atoms with E-state index in [4.69, 9.17) is 0 Å². The van der Waals surface area contributed by atoms with Crippen LogP contribution in [0.4, 0.5) is 0 Å². The van der Waals surface area contributed by atoms with Crippen LogP contribution in [0.2, 0.25) is 0 Å². The second-order valence-electron chi connectivity index (χ2n) is 33.8. The Bertz CT molecular complexity index is 2430. The summed E-state index contributed by atoms with van der Waals surface area (Å²) in [7, 11) is 1.94. The maximum absolute atomic E-state index is 4.58. The van der Waals surface area contributed by atoms with E-state index in [2.05, 4.69) is 369 Å². The van der Waals surface area contributed by atoms with Crippen molar-refractivity contribution in [3.63, 3.8) is 0 Å². The SMILES string of the molecule is CC(C)C.CC(C)C.CC(C)C.CC(C)C.CC(C)C.CC(C)C.CC(C)C.CC(C)C.CC(C)C.CC(C)C.CC(C)C.CC(C)C.CC(C)C.Cc1ccn[nH]1.Cn1ccnc1.c1c[nH]cn1.c1cc[nH]c1.c1ccncc1.c1ccoc1.c1ccsc1.c1cn[nH]c1.c1cnccn1.c1cncnc1.c1cocn1.c1cscn1.c1nc[nH]n1. The highest BCUT2D eigenvalue weighted by atomic mass is 32.1. The van der Waals surface area contributed by atoms with Gasteiger partial charge in [0.25, 0.3) is 0 Å². The molecule has 13 aromatic heterocycles. The molecule has 0 atom stereocenters. The van der Waals surface area contributed by atoms with Crippen LogP contribution in [0.15, 0.2) is 278 Å². The molecule has 0 radical (unpaired) electrons. The summed E-state index contributed by atoms with van der Waals surface area (Å²) in [6.45, 7) is 86.5. The van der Waals surface area contributed by atoms with Crippen molar-refractivity contribution in [3.8, 4) is 0 Å². The second kappa shape index (κ2) is 132. The quantitative estimate of drug-likeness (QED) is 0.0944. The van der Waals surface area contributed by atoms with E-state index in [0.717, 1.165) is 82.6 Å². The van der Waals surface area contributed by atoms with E-state index >= 15 is 0 Å². The van der Waals surface area contributed by atoms with Crippen LogP contribution in [0.25, 0.3) is 0 Å². The molecule has 0 aliphatic heterocycles. The fourth-order valence-corrected chi connectivity index (χ4v) is 3.96. The Morgan fingerprint density at radius 2 is 0.705 bits per heavy atom. The van der Waals surface area contributed by atoms with Gasteiger partial charge in [0.05, 0.1) is 36.9 Å². The summed E-state index contributed by atoms with van der Waals surface area (Å²) in [6.07, 6.45) is 46.8. The van der Waals surface area contributed by atoms with Crippen LogP contribution in [0, 0.1) is 83.9 Å². The maximum Gasteiger partial charge on any atom is 0.180 e. The standard InChI is InChI=1S/C5H5N.2C4H6N2.2C4H4N2.C4H5N.C4H4O.C4H4S.13C4H10.2C3H4N2.C3H3NO.C3H3NS.C2H3N3/c1-2-4-6-5-3-1;1-6-3-2-5-4-6;1-4-2-3-5-6-4;1-2-6-4-3-5-1;1-2-5-4-6-3-1;3*1-2-4-5-3-1;13*1-4(2)3;1-2-5-3-4-1;1-2-4-5-3-1;2*1-2-5-3-4-1;1-3-2-5-4-1/h1-5H;2-4H,1H3;2-3H,1H3,(H,5,6);2*1-4H;1-5H;2*1-4H;13*4H,1-3H3;2*1-3H,(H,4,5);2*1-3H;1-2H,(H,3,4,5). The third-order valence-electron chi connectivity index (χ3n) is 5.98. The number of aromatic amines is 5. The minimum Gasteiger partial charge on any atom is -0.473 e. The van der Waals surface area contributed by atoms with Gasteiger partial charge in [-0.05, 0) is 149 Å². The van der Waals surface area contributed by atoms with Crippen LogP contribution in [0.5, 0.6) is 0 Å². The molecular weight excluding hydrogens is 1550 g/mol. The largest absolute Gasteiger partial charge is 0.473 e. The molecule has 13 heterocycles. The topological polar surface area (TPSA) is 278 Å². The summed E-state index contributed by atoms with van der Waals surface area (Å²) in [6, 6.07) is 22.8. The Kier molecular flexibility index (Phi) is 153. The van der Waals surface area contributed by atoms with E-state index in [1.165, 1.54) is 31.6 Å². The molecular formula is C99H185N19O2S2. The number of pyridine rings is 1. The normalized spacial score (nSPS) is 8.51. The fourth-order valence-electron chi connectivity index (χ4n) is 3.15. The number of oxazole rings is 1. The molecule has 700 valence electrons. The zero-order chi connectivity index (χ0) is 96.3. The van der Waals surface area contributed by atoms with Crippen molar-refractivity contribution in [3.05, 3.63) is 275 Å². The smallest absolute Gasteiger partial charge is 0.180 e. The lowest BCUT2D eigenvalue weighted by Gasteiger charge is -1.79. The molecule has 13 rings (SSSR count). The van der Waals surface area contributed by atoms with Crippen LogP contribution in [-0.4, -0.2) is 95.0 Å². The number of aromatic nitrogens is 19. The van der Waals surface area contributed by atoms with Crippen LogP contribution in [0.1, 0.15) is 276 Å². The number of aryl methyl sites for hydroxylation is 2. The highest BCUT2D eigenvalue weighted by Crippen LogP contribution is 1.93. The molecule has 0 fully saturated rings. The predicted octanol–water partition coefficient (Wildman–Crippen LogP) is 31.3. The number of imidazole rings is 2. The first-order valence-electron chi connectivity index (χ1n) is 42.7. The molecule has 23 heteroatoms. The Labute approximate surface area is 757 Å². The van der Waals surface area contributed by atoms with Gasteiger partial charge in [-0.3, -0.25) is 35.2 Å². The van der Waals surface area contributed by atoms with Gasteiger partial charge in [-0.2, -0.15) is 26.6 Å². The van der Waals surface area contributed by atoms with Crippen molar-refractivity contribution in [2.24, 2.45) is 84.0 Å². The number of thiazole rings is 1. The number of thiophene rings is 1. The Hall–Kier alpha value is -9.61. The summed E-state index contributed by atoms with van der Waals surface area (Å²) in [5, 5.41) is 24.7. The Morgan fingerprint density at radius 3 is 0.811 bits per heavy atom. The lowest BCUT2D eigenvalue weighted by molar-refractivity contribution is 0.558. The van der Waals surface area contributed by atoms with Gasteiger partial charge in [-0.15, -0.1) is 11.3 Å². The summed E-state index contributed by atoms with van der Waals surface area (Å²) < 4.78 is 10.9. The third kappa shape index (κ3) is 339. The number of hydrogen-bond donors (Lipinski definition) is 5. The van der Waals surface area contributed by atoms with E-state index in [1.54, 1.807) is 159 Å². The van der Waals surface area contributed by atoms with Crippen LogP contribution in [0.3, 0.4) is 0 Å². The number of nitrogens with zero attached hydrogens (tertiary/aromatic N) is 14. The summed E-state index contributed by atoms with van der Waals surface area (Å²) in [5.41, 5.74) is 2.90. The molecule has 0 aliphatic carbocycles. The molecule has 0 aromatic carbocycles. The Morgan fingerprint density at radius 1 is 0.279 bits per heavy atom. The lowest BCUT2D eigenvalue weighted by Crippen LogP contribution is -1.76. The summed E-state index contributed by atoms with van der Waals surface area (Å²) in [4.78, 5) is 42.5. The molecule has 0 amide bonds. The number of furan rings is 1. The zero-order valence-corrected chi connectivity index (χ0v) is 86.4. The van der Waals surface area contributed by atoms with E-state index < -0.39 is 0 Å². The van der Waals surface area contributed by atoms with Gasteiger partial charge in [-0.1, -0.05) is 288 Å². The molecule has 0 saturated heterocycles. The number of nitrogens with one attached hydrogen (secondary N) is 5. The second-order valence-corrected chi connectivity index (χ2v) is 35.4. The third-order valence-corrected chi connectivity index (χ3v) is 7.13. The first kappa shape index (κ1) is 141. The van der Waals surface area contributed by atoms with E-state index in [9.17, 15) is 0 Å². The van der Waals surface area contributed by atoms with E-state index in [-0.39, 0.29) is 0 Å². The van der Waals surface area contributed by atoms with Crippen LogP contribution < -0.4 is 0 Å². The van der Waals surface area contributed by atoms with Gasteiger partial charge < -0.3 is 23.4 Å². The summed E-state index contributed by atoms with van der Waals surface area (Å²) in [5.74, 6) is 10.8. The van der Waals surface area contributed by atoms with Crippen molar-refractivity contribution in [1.29, 1.82) is 0 Å². The Balaban J connectivity index is -0.0000000923. The minimum atomic E-state index is 0.833. The minimum absolute atomic E-state index is 0.833. The van der Waals surface area contributed by atoms with E-state index in [0.29, 0.717) is 0 Å². The number of H-pyrrole nitrogens is 5. The van der Waals surface area contributed by atoms with Gasteiger partial charge in [-0.25, -0.2) is 29.9 Å². The molecule has 0 aliphatic rings. The molecule has 122 heavy (non-hydrogen) atoms. The van der Waals surface area contributed by atoms with Crippen molar-refractivity contribution in [1.82, 2.24) is 95.0 Å². The van der Waals surface area contributed by atoms with Crippen molar-refractivity contribution >= 4 is 22.7 Å². The van der Waals surface area contributed by atoms with Crippen molar-refractivity contribution in [2.45, 2.75) is 277 Å². The average Bonchev–Trinajstić information content (AvgIpc) is 1.90. The molecule has 5 N–H and O–H groups in total. The molecule has 21 nitrogen and oxygen atoms in total. The molecule has 0 bridgehead atoms. The first-order valence-corrected chi connectivity index (χ1v) is 44.6. The fraction of sp³-hybridized carbons (Fsp3) is 0.545. The van der Waals surface area contributed by atoms with Gasteiger partial charge in [0, 0.05) is 130 Å². The van der Waals surface area contributed by atoms with Crippen molar-refractivity contribution in [2.75, 3.05) is 0 Å². The van der Waals surface area contributed by atoms with Gasteiger partial charge in [0.1, 0.15) is 25.2 Å². The highest BCUT2D eigenvalue weighted by molar-refractivity contribution is 7.07. The number of hydrogen-bond acceptors (Lipinski definition) is 17. The molecule has 13 aromatic rings. The predicted molar refractivity (Wildman–Crippen MR) is 537 cm³/mol. The van der Waals surface area contributed by atoms with Crippen LogP contribution >= 0.6 is 22.7 Å². The molecule has 0 saturated carbocycles. The molecule has 0 spiro atoms. The zero-order valence-electron chi connectivity index (χ0n) is 84.8. The van der Waals surface area contributed by atoms with Gasteiger partial charge in [0.15, 0.2) is 6.39 Å². The highest BCUT2D eigenvalue weighted by Gasteiger charge is 1.77. The number of rotatable bonds is 0. The van der Waals surface area contributed by atoms with Gasteiger partial charge >= 0.3 is 0 Å². The van der Waals surface area contributed by atoms with E-state index in [1.807, 2.05) is 120 Å². The van der Waals surface area contributed by atoms with Crippen molar-refractivity contribution < 1.29 is 8.83 Å². The van der Waals surface area contributed by atoms with Crippen LogP contribution in [-0.2, 0) is 7.05 Å². The monoisotopic (exact) mass is 1740 g/mol. The van der Waals surface area contributed by atoms with Gasteiger partial charge in [0.2, 0.25) is 0 Å².